The van der Waals surface area contributed by atoms with Crippen molar-refractivity contribution in [2.45, 2.75) is 19.4 Å². The molecule has 1 atom stereocenters. The van der Waals surface area contributed by atoms with Crippen molar-refractivity contribution in [2.24, 2.45) is 5.73 Å². The van der Waals surface area contributed by atoms with Crippen molar-refractivity contribution in [3.05, 3.63) is 0 Å². The Bertz CT molecular complexity index is 425. The topological polar surface area (TPSA) is 130 Å². The SMILES string of the molecule is CCC(NS(=O)(=O)CS(C)(=O)=O)C(=N)N. The van der Waals surface area contributed by atoms with Crippen molar-refractivity contribution in [3.8, 4) is 0 Å². The van der Waals surface area contributed by atoms with Gasteiger partial charge in [0.05, 0.1) is 6.04 Å². The predicted molar refractivity (Wildman–Crippen MR) is 57.8 cm³/mol. The van der Waals surface area contributed by atoms with Gasteiger partial charge in [-0.25, -0.2) is 21.6 Å². The molecule has 0 bridgehead atoms. The Morgan fingerprint density at radius 3 is 2.13 bits per heavy atom. The fraction of sp³-hybridized carbons (Fsp3) is 0.833. The van der Waals surface area contributed by atoms with Gasteiger partial charge in [0.2, 0.25) is 10.0 Å². The maximum Gasteiger partial charge on any atom is 0.226 e. The van der Waals surface area contributed by atoms with Crippen LogP contribution in [0.15, 0.2) is 0 Å². The number of sulfonamides is 1. The number of hydrogen-bond acceptors (Lipinski definition) is 5. The maximum atomic E-state index is 11.3. The van der Waals surface area contributed by atoms with Crippen molar-refractivity contribution in [2.75, 3.05) is 11.3 Å². The van der Waals surface area contributed by atoms with Gasteiger partial charge < -0.3 is 5.73 Å². The molecule has 0 radical (unpaired) electrons. The van der Waals surface area contributed by atoms with Crippen LogP contribution in [0.25, 0.3) is 0 Å². The first-order valence-corrected chi connectivity index (χ1v) is 7.80. The van der Waals surface area contributed by atoms with Gasteiger partial charge in [0, 0.05) is 6.26 Å². The lowest BCUT2D eigenvalue weighted by Gasteiger charge is -2.14. The third-order valence-corrected chi connectivity index (χ3v) is 5.07. The van der Waals surface area contributed by atoms with Crippen molar-refractivity contribution in [1.82, 2.24) is 4.72 Å². The quantitative estimate of drug-likeness (QED) is 0.399. The van der Waals surface area contributed by atoms with Gasteiger partial charge in [-0.2, -0.15) is 0 Å². The van der Waals surface area contributed by atoms with Crippen LogP contribution in [0.5, 0.6) is 0 Å². The van der Waals surface area contributed by atoms with Crippen molar-refractivity contribution in [3.63, 3.8) is 0 Å². The molecule has 0 aromatic rings. The Morgan fingerprint density at radius 1 is 1.40 bits per heavy atom. The minimum Gasteiger partial charge on any atom is -0.386 e. The smallest absolute Gasteiger partial charge is 0.226 e. The van der Waals surface area contributed by atoms with Crippen molar-refractivity contribution < 1.29 is 16.8 Å². The van der Waals surface area contributed by atoms with E-state index in [1.54, 1.807) is 6.92 Å². The maximum absolute atomic E-state index is 11.3. The zero-order valence-corrected chi connectivity index (χ0v) is 10.2. The van der Waals surface area contributed by atoms with Crippen LogP contribution in [-0.4, -0.2) is 40.1 Å². The van der Waals surface area contributed by atoms with E-state index in [0.717, 1.165) is 6.26 Å². The molecule has 0 fully saturated rings. The first kappa shape index (κ1) is 14.3. The first-order valence-electron chi connectivity index (χ1n) is 4.09. The summed E-state index contributed by atoms with van der Waals surface area (Å²) < 4.78 is 46.2. The fourth-order valence-corrected chi connectivity index (χ4v) is 4.15. The van der Waals surface area contributed by atoms with E-state index in [4.69, 9.17) is 11.1 Å². The highest BCUT2D eigenvalue weighted by atomic mass is 32.3. The van der Waals surface area contributed by atoms with E-state index >= 15 is 0 Å². The normalized spacial score (nSPS) is 14.8. The molecule has 0 aliphatic carbocycles. The second-order valence-corrected chi connectivity index (χ2v) is 7.45. The van der Waals surface area contributed by atoms with Crippen molar-refractivity contribution >= 4 is 25.7 Å². The third kappa shape index (κ3) is 6.42. The van der Waals surface area contributed by atoms with Gasteiger partial charge in [0.1, 0.15) is 5.84 Å². The summed E-state index contributed by atoms with van der Waals surface area (Å²) in [7, 11) is -7.58. The van der Waals surface area contributed by atoms with E-state index in [1.807, 2.05) is 4.72 Å². The average molecular weight is 257 g/mol. The third-order valence-electron chi connectivity index (χ3n) is 1.47. The van der Waals surface area contributed by atoms with Crippen LogP contribution in [0.1, 0.15) is 13.3 Å². The predicted octanol–water partition coefficient (Wildman–Crippen LogP) is -1.38. The van der Waals surface area contributed by atoms with Crippen LogP contribution in [-0.2, 0) is 19.9 Å². The summed E-state index contributed by atoms with van der Waals surface area (Å²) in [6, 6.07) is -0.850. The van der Waals surface area contributed by atoms with E-state index in [0.29, 0.717) is 6.42 Å². The summed E-state index contributed by atoms with van der Waals surface area (Å²) >= 11 is 0. The van der Waals surface area contributed by atoms with E-state index < -0.39 is 31.0 Å². The number of rotatable bonds is 6. The van der Waals surface area contributed by atoms with E-state index in [9.17, 15) is 16.8 Å². The molecule has 15 heavy (non-hydrogen) atoms. The largest absolute Gasteiger partial charge is 0.386 e. The molecule has 0 aromatic heterocycles. The molecule has 0 aliphatic rings. The molecular weight excluding hydrogens is 242 g/mol. The van der Waals surface area contributed by atoms with Crippen LogP contribution in [0.4, 0.5) is 0 Å². The second kappa shape index (κ2) is 4.90. The van der Waals surface area contributed by atoms with Gasteiger partial charge in [0.15, 0.2) is 14.9 Å². The highest BCUT2D eigenvalue weighted by Crippen LogP contribution is 1.97. The zero-order chi connectivity index (χ0) is 12.3. The summed E-state index contributed by atoms with van der Waals surface area (Å²) in [5.74, 6) is -0.338. The van der Waals surface area contributed by atoms with Gasteiger partial charge >= 0.3 is 0 Å². The molecule has 4 N–H and O–H groups in total. The Kier molecular flexibility index (Phi) is 4.68. The number of nitrogens with two attached hydrogens (primary N) is 1. The molecule has 0 saturated heterocycles. The van der Waals surface area contributed by atoms with Gasteiger partial charge in [-0.15, -0.1) is 0 Å². The van der Waals surface area contributed by atoms with E-state index in [2.05, 4.69) is 0 Å². The highest BCUT2D eigenvalue weighted by Gasteiger charge is 2.22. The van der Waals surface area contributed by atoms with Gasteiger partial charge in [-0.05, 0) is 6.42 Å². The lowest BCUT2D eigenvalue weighted by molar-refractivity contribution is 0.572. The minimum atomic E-state index is -3.95. The highest BCUT2D eigenvalue weighted by molar-refractivity contribution is 8.06. The second-order valence-electron chi connectivity index (χ2n) is 3.19. The van der Waals surface area contributed by atoms with Crippen LogP contribution in [0.3, 0.4) is 0 Å². The van der Waals surface area contributed by atoms with Crippen LogP contribution < -0.4 is 10.5 Å². The van der Waals surface area contributed by atoms with Gasteiger partial charge in [-0.1, -0.05) is 6.92 Å². The Labute approximate surface area is 89.5 Å². The molecular formula is C6H15N3O4S2. The molecule has 0 saturated carbocycles. The lowest BCUT2D eigenvalue weighted by atomic mass is 10.2. The standard InChI is InChI=1S/C6H15N3O4S2/c1-3-5(6(7)8)9-15(12,13)4-14(2,10)11/h5,9H,3-4H2,1-2H3,(H3,7,8). The number of sulfone groups is 1. The molecule has 9 heteroatoms. The fourth-order valence-electron chi connectivity index (χ4n) is 0.899. The lowest BCUT2D eigenvalue weighted by Crippen LogP contribution is -2.45. The van der Waals surface area contributed by atoms with Crippen LogP contribution in [0.2, 0.25) is 0 Å². The van der Waals surface area contributed by atoms with Gasteiger partial charge in [0.25, 0.3) is 0 Å². The molecule has 1 unspecified atom stereocenters. The molecule has 90 valence electrons. The summed E-state index contributed by atoms with van der Waals surface area (Å²) in [4.78, 5) is 0. The van der Waals surface area contributed by atoms with E-state index in [-0.39, 0.29) is 5.84 Å². The number of hydrogen-bond donors (Lipinski definition) is 3. The molecule has 0 aliphatic heterocycles. The summed E-state index contributed by atoms with van der Waals surface area (Å²) in [5.41, 5.74) is 5.13. The molecule has 0 spiro atoms. The summed E-state index contributed by atoms with van der Waals surface area (Å²) in [6.07, 6.45) is 1.11. The molecule has 0 amide bonds. The first-order chi connectivity index (χ1) is 6.57. The van der Waals surface area contributed by atoms with E-state index in [1.165, 1.54) is 0 Å². The average Bonchev–Trinajstić information content (AvgIpc) is 1.94. The van der Waals surface area contributed by atoms with Crippen LogP contribution in [0, 0.1) is 5.41 Å². The monoisotopic (exact) mass is 257 g/mol. The Balaban J connectivity index is 4.72. The number of amidine groups is 1. The van der Waals surface area contributed by atoms with Crippen LogP contribution >= 0.6 is 0 Å². The Morgan fingerprint density at radius 2 is 1.87 bits per heavy atom. The zero-order valence-electron chi connectivity index (χ0n) is 8.52. The summed E-state index contributed by atoms with van der Waals surface area (Å²) in [5, 5.41) is 6.07. The molecule has 0 rings (SSSR count). The summed E-state index contributed by atoms with van der Waals surface area (Å²) in [6.45, 7) is 1.63. The Hall–Kier alpha value is -0.670. The van der Waals surface area contributed by atoms with Gasteiger partial charge in [-0.3, -0.25) is 5.41 Å². The minimum absolute atomic E-state index is 0.290. The van der Waals surface area contributed by atoms with Crippen molar-refractivity contribution in [1.29, 1.82) is 5.41 Å². The molecule has 0 heterocycles. The number of nitrogens with one attached hydrogen (secondary N) is 2. The molecule has 7 nitrogen and oxygen atoms in total. The molecule has 0 aromatic carbocycles.